The predicted octanol–water partition coefficient (Wildman–Crippen LogP) is 5.69. The number of halogens is 1. The van der Waals surface area contributed by atoms with Crippen LogP contribution in [0, 0.1) is 11.7 Å². The number of amides is 1. The summed E-state index contributed by atoms with van der Waals surface area (Å²) in [5.41, 5.74) is 1.47. The fourth-order valence-electron chi connectivity index (χ4n) is 6.90. The summed E-state index contributed by atoms with van der Waals surface area (Å²) in [6, 6.07) is 25.4. The largest absolute Gasteiger partial charge is 0.497 e. The van der Waals surface area contributed by atoms with E-state index in [0.717, 1.165) is 5.56 Å². The molecule has 4 aromatic carbocycles. The van der Waals surface area contributed by atoms with Gasteiger partial charge in [-0.2, -0.15) is 0 Å². The molecule has 0 unspecified atom stereocenters. The van der Waals surface area contributed by atoms with Crippen molar-refractivity contribution in [2.45, 2.75) is 17.5 Å². The van der Waals surface area contributed by atoms with Gasteiger partial charge in [0.05, 0.1) is 24.6 Å². The molecule has 3 aliphatic heterocycles. The van der Waals surface area contributed by atoms with Crippen molar-refractivity contribution in [2.24, 2.45) is 5.92 Å². The molecule has 1 saturated heterocycles. The van der Waals surface area contributed by atoms with Crippen molar-refractivity contribution in [3.05, 3.63) is 131 Å². The van der Waals surface area contributed by atoms with Crippen LogP contribution in [-0.2, 0) is 10.2 Å². The maximum absolute atomic E-state index is 15.2. The fourth-order valence-corrected chi connectivity index (χ4v) is 6.90. The number of hydrogen-bond donors (Lipinski definition) is 1. The zero-order chi connectivity index (χ0) is 28.3. The Morgan fingerprint density at radius 2 is 1.66 bits per heavy atom. The van der Waals surface area contributed by atoms with Crippen molar-refractivity contribution in [1.82, 2.24) is 0 Å². The third-order valence-corrected chi connectivity index (χ3v) is 8.59. The van der Waals surface area contributed by atoms with Crippen molar-refractivity contribution in [1.29, 1.82) is 0 Å². The van der Waals surface area contributed by atoms with Gasteiger partial charge in [-0.25, -0.2) is 4.39 Å². The number of fused-ring (bicyclic) bond motifs is 6. The van der Waals surface area contributed by atoms with Crippen LogP contribution in [0.4, 0.5) is 15.8 Å². The monoisotopic (exact) mass is 544 g/mol. The van der Waals surface area contributed by atoms with E-state index in [2.05, 4.69) is 5.32 Å². The van der Waals surface area contributed by atoms with Gasteiger partial charge in [0.2, 0.25) is 5.91 Å². The molecule has 1 amide bonds. The summed E-state index contributed by atoms with van der Waals surface area (Å²) in [6.07, 6.45) is 3.82. The number of carbonyl (C=O) groups is 3. The Morgan fingerprint density at radius 3 is 2.49 bits per heavy atom. The van der Waals surface area contributed by atoms with Crippen molar-refractivity contribution in [3.63, 3.8) is 0 Å². The van der Waals surface area contributed by atoms with Crippen LogP contribution in [-0.4, -0.2) is 36.7 Å². The van der Waals surface area contributed by atoms with Crippen molar-refractivity contribution in [3.8, 4) is 5.75 Å². The number of carbonyl (C=O) groups excluding carboxylic acids is 3. The zero-order valence-corrected chi connectivity index (χ0v) is 22.1. The highest BCUT2D eigenvalue weighted by Gasteiger charge is 2.70. The van der Waals surface area contributed by atoms with Crippen LogP contribution in [0.1, 0.15) is 31.8 Å². The van der Waals surface area contributed by atoms with Gasteiger partial charge in [-0.05, 0) is 47.5 Å². The highest BCUT2D eigenvalue weighted by Crippen LogP contribution is 2.58. The number of benzene rings is 4. The number of ketones is 2. The number of ether oxygens (including phenoxy) is 1. The minimum atomic E-state index is -1.47. The molecule has 3 aliphatic rings. The first-order valence-corrected chi connectivity index (χ1v) is 13.4. The third-order valence-electron chi connectivity index (χ3n) is 8.59. The van der Waals surface area contributed by atoms with Gasteiger partial charge in [0.25, 0.3) is 0 Å². The van der Waals surface area contributed by atoms with Gasteiger partial charge in [0, 0.05) is 16.9 Å². The summed E-state index contributed by atoms with van der Waals surface area (Å²) in [7, 11) is 1.51. The van der Waals surface area contributed by atoms with E-state index in [1.54, 1.807) is 36.4 Å². The van der Waals surface area contributed by atoms with Gasteiger partial charge in [0.15, 0.2) is 11.6 Å². The maximum Gasteiger partial charge on any atom is 0.238 e. The van der Waals surface area contributed by atoms with E-state index in [4.69, 9.17) is 4.74 Å². The lowest BCUT2D eigenvalue weighted by Crippen LogP contribution is -2.51. The van der Waals surface area contributed by atoms with Crippen LogP contribution in [0.5, 0.6) is 5.75 Å². The molecule has 4 aromatic rings. The van der Waals surface area contributed by atoms with E-state index in [-0.39, 0.29) is 11.5 Å². The van der Waals surface area contributed by atoms with E-state index >= 15 is 4.39 Å². The molecule has 6 nitrogen and oxygen atoms in total. The van der Waals surface area contributed by atoms with Gasteiger partial charge in [0.1, 0.15) is 23.0 Å². The summed E-state index contributed by atoms with van der Waals surface area (Å²) in [4.78, 5) is 45.5. The Kier molecular flexibility index (Phi) is 5.64. The lowest BCUT2D eigenvalue weighted by Gasteiger charge is -2.37. The summed E-state index contributed by atoms with van der Waals surface area (Å²) in [5.74, 6) is -2.73. The normalized spacial score (nSPS) is 23.5. The first-order chi connectivity index (χ1) is 20.0. The molecule has 1 N–H and O–H groups in total. The van der Waals surface area contributed by atoms with Gasteiger partial charge in [-0.3, -0.25) is 14.4 Å². The number of para-hydroxylation sites is 2. The lowest BCUT2D eigenvalue weighted by atomic mass is 9.64. The number of anilines is 2. The highest BCUT2D eigenvalue weighted by atomic mass is 19.1. The molecule has 7 heteroatoms. The van der Waals surface area contributed by atoms with E-state index in [1.165, 1.54) is 25.3 Å². The number of hydrogen-bond acceptors (Lipinski definition) is 5. The van der Waals surface area contributed by atoms with Crippen LogP contribution < -0.4 is 15.0 Å². The van der Waals surface area contributed by atoms with Crippen LogP contribution in [0.15, 0.2) is 103 Å². The molecule has 0 aliphatic carbocycles. The van der Waals surface area contributed by atoms with Crippen molar-refractivity contribution < 1.29 is 23.5 Å². The Balaban J connectivity index is 1.55. The molecular formula is C34H25FN2O4. The van der Waals surface area contributed by atoms with Gasteiger partial charge in [-0.15, -0.1) is 0 Å². The summed E-state index contributed by atoms with van der Waals surface area (Å²) in [6.45, 7) is 0. The molecule has 0 aromatic heterocycles. The van der Waals surface area contributed by atoms with Crippen molar-refractivity contribution in [2.75, 3.05) is 17.3 Å². The summed E-state index contributed by atoms with van der Waals surface area (Å²) < 4.78 is 20.6. The first-order valence-electron chi connectivity index (χ1n) is 13.4. The molecule has 202 valence electrons. The predicted molar refractivity (Wildman–Crippen MR) is 154 cm³/mol. The molecule has 7 rings (SSSR count). The van der Waals surface area contributed by atoms with Gasteiger partial charge in [-0.1, -0.05) is 72.8 Å². The maximum atomic E-state index is 15.2. The Morgan fingerprint density at radius 1 is 0.902 bits per heavy atom. The van der Waals surface area contributed by atoms with Crippen LogP contribution in [0.2, 0.25) is 0 Å². The molecular weight excluding hydrogens is 519 g/mol. The minimum Gasteiger partial charge on any atom is -0.497 e. The lowest BCUT2D eigenvalue weighted by molar-refractivity contribution is -0.121. The molecule has 41 heavy (non-hydrogen) atoms. The third kappa shape index (κ3) is 3.45. The number of methoxy groups -OCH3 is 1. The smallest absolute Gasteiger partial charge is 0.238 e. The minimum absolute atomic E-state index is 0.129. The number of nitrogens with zero attached hydrogens (tertiary/aromatic N) is 1. The molecule has 0 bridgehead atoms. The number of Topliss-reactive ketones (excluding diaryl/α,β-unsaturated/α-hetero) is 2. The molecule has 4 atom stereocenters. The molecule has 1 fully saturated rings. The number of nitrogens with one attached hydrogen (secondary N) is 1. The van der Waals surface area contributed by atoms with Crippen LogP contribution >= 0.6 is 0 Å². The van der Waals surface area contributed by atoms with E-state index in [0.29, 0.717) is 28.3 Å². The van der Waals surface area contributed by atoms with E-state index < -0.39 is 40.8 Å². The second-order valence-corrected chi connectivity index (χ2v) is 10.5. The van der Waals surface area contributed by atoms with Crippen LogP contribution in [0.25, 0.3) is 6.08 Å². The number of rotatable bonds is 5. The molecule has 0 radical (unpaired) electrons. The van der Waals surface area contributed by atoms with E-state index in [1.807, 2.05) is 59.5 Å². The SMILES string of the molecule is COc1cccc(C(=O)[C@@H]2[C@H](C(=O)c3ccccc3F)N3c4ccccc4C=C[C@@H]3[C@@]23C(=O)Nc2ccccc23)c1. The second-order valence-electron chi connectivity index (χ2n) is 10.5. The van der Waals surface area contributed by atoms with Gasteiger partial charge >= 0.3 is 0 Å². The van der Waals surface area contributed by atoms with Crippen molar-refractivity contribution >= 4 is 34.9 Å². The topological polar surface area (TPSA) is 75.7 Å². The standard InChI is InChI=1S/C34H25FN2O4/c1-41-22-11-8-10-21(19-22)31(38)29-30(32(39)23-12-3-5-14-25(23)35)37-27-16-7-2-9-20(27)17-18-28(37)34(29)24-13-4-6-15-26(24)36-33(34)40/h2-19,28-30H,1H3,(H,36,40)/t28-,29+,30-,34-/m1/s1. The second kappa shape index (κ2) is 9.27. The van der Waals surface area contributed by atoms with E-state index in [9.17, 15) is 14.4 Å². The summed E-state index contributed by atoms with van der Waals surface area (Å²) >= 11 is 0. The van der Waals surface area contributed by atoms with Gasteiger partial charge < -0.3 is 15.0 Å². The average Bonchev–Trinajstić information content (AvgIpc) is 3.49. The van der Waals surface area contributed by atoms with Crippen LogP contribution in [0.3, 0.4) is 0 Å². The Hall–Kier alpha value is -5.04. The highest BCUT2D eigenvalue weighted by molar-refractivity contribution is 6.18. The summed E-state index contributed by atoms with van der Waals surface area (Å²) in [5, 5.41) is 2.99. The fraction of sp³-hybridized carbons (Fsp3) is 0.147. The Labute approximate surface area is 236 Å². The average molecular weight is 545 g/mol. The molecule has 0 saturated carbocycles. The first kappa shape index (κ1) is 25.0. The Bertz CT molecular complexity index is 1780. The molecule has 1 spiro atoms. The quantitative estimate of drug-likeness (QED) is 0.327. The zero-order valence-electron chi connectivity index (χ0n) is 22.1. The molecule has 3 heterocycles.